The Hall–Kier alpha value is -4.09. The number of aryl methyl sites for hydroxylation is 1. The van der Waals surface area contributed by atoms with Crippen LogP contribution in [-0.4, -0.2) is 22.5 Å². The minimum atomic E-state index is -0.756. The molecule has 2 aromatic carbocycles. The third-order valence-corrected chi connectivity index (χ3v) is 5.09. The number of nitro benzene ring substituents is 1. The summed E-state index contributed by atoms with van der Waals surface area (Å²) in [6.07, 6.45) is 1.45. The first-order valence-electron chi connectivity index (χ1n) is 9.45. The number of nitrogens with zero attached hydrogens (tertiary/aromatic N) is 3. The number of nitro groups is 1. The summed E-state index contributed by atoms with van der Waals surface area (Å²) in [7, 11) is 1.38. The zero-order chi connectivity index (χ0) is 23.4. The summed E-state index contributed by atoms with van der Waals surface area (Å²) in [5, 5.41) is 23.9. The second kappa shape index (κ2) is 9.37. The first-order chi connectivity index (χ1) is 15.2. The first-order valence-corrected chi connectivity index (χ1v) is 9.83. The molecule has 0 aliphatic carbocycles. The predicted octanol–water partition coefficient (Wildman–Crippen LogP) is 5.21. The van der Waals surface area contributed by atoms with Crippen LogP contribution in [0.1, 0.15) is 17.0 Å². The minimum absolute atomic E-state index is 0.0358. The average molecular weight is 451 g/mol. The van der Waals surface area contributed by atoms with Crippen molar-refractivity contribution in [1.29, 1.82) is 5.26 Å². The zero-order valence-corrected chi connectivity index (χ0v) is 18.3. The SMILES string of the molecule is COc1ccc(NC(=O)/C(C#N)=C/c2cc(C)n(-c3cccc(Cl)c3)c2C)c([N+](=O)[O-])c1. The molecule has 0 atom stereocenters. The molecule has 3 rings (SSSR count). The van der Waals surface area contributed by atoms with Gasteiger partial charge in [-0.05, 0) is 61.9 Å². The number of benzene rings is 2. The Morgan fingerprint density at radius 3 is 2.62 bits per heavy atom. The van der Waals surface area contributed by atoms with Crippen LogP contribution in [0.25, 0.3) is 11.8 Å². The van der Waals surface area contributed by atoms with Crippen molar-refractivity contribution < 1.29 is 14.5 Å². The molecule has 1 N–H and O–H groups in total. The largest absolute Gasteiger partial charge is 0.496 e. The highest BCUT2D eigenvalue weighted by Gasteiger charge is 2.20. The van der Waals surface area contributed by atoms with Gasteiger partial charge >= 0.3 is 0 Å². The molecule has 0 unspecified atom stereocenters. The van der Waals surface area contributed by atoms with E-state index in [9.17, 15) is 20.2 Å². The molecule has 9 heteroatoms. The van der Waals surface area contributed by atoms with E-state index in [0.717, 1.165) is 17.1 Å². The van der Waals surface area contributed by atoms with Gasteiger partial charge in [0.2, 0.25) is 0 Å². The van der Waals surface area contributed by atoms with Gasteiger partial charge in [0.25, 0.3) is 11.6 Å². The summed E-state index contributed by atoms with van der Waals surface area (Å²) in [6.45, 7) is 3.76. The molecule has 0 aliphatic rings. The molecule has 1 amide bonds. The van der Waals surface area contributed by atoms with E-state index >= 15 is 0 Å². The number of carbonyl (C=O) groups excluding carboxylic acids is 1. The van der Waals surface area contributed by atoms with Crippen molar-refractivity contribution in [1.82, 2.24) is 4.57 Å². The molecule has 0 saturated carbocycles. The molecule has 0 radical (unpaired) electrons. The van der Waals surface area contributed by atoms with E-state index in [0.29, 0.717) is 10.6 Å². The summed E-state index contributed by atoms with van der Waals surface area (Å²) in [5.41, 5.74) is 2.64. The van der Waals surface area contributed by atoms with Crippen LogP contribution in [0.5, 0.6) is 5.75 Å². The van der Waals surface area contributed by atoms with Crippen LogP contribution in [0.15, 0.2) is 54.1 Å². The van der Waals surface area contributed by atoms with Crippen molar-refractivity contribution in [3.8, 4) is 17.5 Å². The molecule has 1 heterocycles. The van der Waals surface area contributed by atoms with Crippen LogP contribution in [0.4, 0.5) is 11.4 Å². The van der Waals surface area contributed by atoms with E-state index in [1.165, 1.54) is 31.4 Å². The maximum Gasteiger partial charge on any atom is 0.296 e. The van der Waals surface area contributed by atoms with E-state index < -0.39 is 10.8 Å². The van der Waals surface area contributed by atoms with E-state index in [1.807, 2.05) is 48.7 Å². The molecule has 0 spiro atoms. The number of ether oxygens (including phenoxy) is 1. The fourth-order valence-corrected chi connectivity index (χ4v) is 3.52. The molecule has 0 aliphatic heterocycles. The van der Waals surface area contributed by atoms with Crippen molar-refractivity contribution in [3.63, 3.8) is 0 Å². The van der Waals surface area contributed by atoms with Gasteiger partial charge in [0, 0.05) is 22.1 Å². The molecule has 32 heavy (non-hydrogen) atoms. The maximum absolute atomic E-state index is 12.7. The Kier molecular flexibility index (Phi) is 6.61. The lowest BCUT2D eigenvalue weighted by Gasteiger charge is -2.10. The van der Waals surface area contributed by atoms with Crippen molar-refractivity contribution in [2.75, 3.05) is 12.4 Å². The van der Waals surface area contributed by atoms with Gasteiger partial charge in [0.1, 0.15) is 23.1 Å². The number of hydrogen-bond acceptors (Lipinski definition) is 5. The quantitative estimate of drug-likeness (QED) is 0.240. The number of methoxy groups -OCH3 is 1. The van der Waals surface area contributed by atoms with Crippen LogP contribution in [0.2, 0.25) is 5.02 Å². The Morgan fingerprint density at radius 2 is 2.00 bits per heavy atom. The van der Waals surface area contributed by atoms with E-state index in [2.05, 4.69) is 5.32 Å². The Morgan fingerprint density at radius 1 is 1.25 bits per heavy atom. The minimum Gasteiger partial charge on any atom is -0.496 e. The van der Waals surface area contributed by atoms with Gasteiger partial charge in [0.05, 0.1) is 18.1 Å². The molecular formula is C23H19ClN4O4. The number of aromatic nitrogens is 1. The highest BCUT2D eigenvalue weighted by atomic mass is 35.5. The molecule has 8 nitrogen and oxygen atoms in total. The van der Waals surface area contributed by atoms with Gasteiger partial charge in [-0.3, -0.25) is 14.9 Å². The summed E-state index contributed by atoms with van der Waals surface area (Å²) in [6, 6.07) is 15.1. The maximum atomic E-state index is 12.7. The monoisotopic (exact) mass is 450 g/mol. The highest BCUT2D eigenvalue weighted by molar-refractivity contribution is 6.30. The van der Waals surface area contributed by atoms with E-state index in [-0.39, 0.29) is 22.7 Å². The Balaban J connectivity index is 1.95. The predicted molar refractivity (Wildman–Crippen MR) is 122 cm³/mol. The molecule has 0 fully saturated rings. The average Bonchev–Trinajstić information content (AvgIpc) is 3.04. The van der Waals surface area contributed by atoms with Crippen LogP contribution < -0.4 is 10.1 Å². The lowest BCUT2D eigenvalue weighted by molar-refractivity contribution is -0.384. The molecule has 0 bridgehead atoms. The van der Waals surface area contributed by atoms with Crippen LogP contribution in [0, 0.1) is 35.3 Å². The molecule has 162 valence electrons. The van der Waals surface area contributed by atoms with Crippen molar-refractivity contribution in [3.05, 3.63) is 86.2 Å². The fraction of sp³-hybridized carbons (Fsp3) is 0.130. The summed E-state index contributed by atoms with van der Waals surface area (Å²) in [5.74, 6) is -0.479. The number of nitrogens with one attached hydrogen (secondary N) is 1. The second-order valence-electron chi connectivity index (χ2n) is 6.91. The number of amides is 1. The number of anilines is 1. The van der Waals surface area contributed by atoms with Crippen LogP contribution in [0.3, 0.4) is 0 Å². The van der Waals surface area contributed by atoms with E-state index in [1.54, 1.807) is 6.07 Å². The van der Waals surface area contributed by atoms with Gasteiger partial charge < -0.3 is 14.6 Å². The van der Waals surface area contributed by atoms with Gasteiger partial charge in [-0.2, -0.15) is 5.26 Å². The van der Waals surface area contributed by atoms with Gasteiger partial charge in [-0.25, -0.2) is 0 Å². The van der Waals surface area contributed by atoms with Gasteiger partial charge in [-0.15, -0.1) is 0 Å². The highest BCUT2D eigenvalue weighted by Crippen LogP contribution is 2.30. The number of carbonyl (C=O) groups is 1. The van der Waals surface area contributed by atoms with Crippen LogP contribution >= 0.6 is 11.6 Å². The lowest BCUT2D eigenvalue weighted by atomic mass is 10.1. The number of nitriles is 1. The third kappa shape index (κ3) is 4.63. The topological polar surface area (TPSA) is 110 Å². The lowest BCUT2D eigenvalue weighted by Crippen LogP contribution is -2.14. The van der Waals surface area contributed by atoms with E-state index in [4.69, 9.17) is 16.3 Å². The number of halogens is 1. The Bertz CT molecular complexity index is 1290. The van der Waals surface area contributed by atoms with Gasteiger partial charge in [-0.1, -0.05) is 17.7 Å². The van der Waals surface area contributed by atoms with Gasteiger partial charge in [0.15, 0.2) is 0 Å². The van der Waals surface area contributed by atoms with Crippen molar-refractivity contribution in [2.24, 2.45) is 0 Å². The number of hydrogen-bond donors (Lipinski definition) is 1. The fourth-order valence-electron chi connectivity index (χ4n) is 3.34. The van der Waals surface area contributed by atoms with Crippen LogP contribution in [-0.2, 0) is 4.79 Å². The summed E-state index contributed by atoms with van der Waals surface area (Å²) in [4.78, 5) is 23.4. The smallest absolute Gasteiger partial charge is 0.296 e. The van der Waals surface area contributed by atoms with Crippen molar-refractivity contribution >= 4 is 35.0 Å². The molecule has 1 aromatic heterocycles. The third-order valence-electron chi connectivity index (χ3n) is 4.85. The summed E-state index contributed by atoms with van der Waals surface area (Å²) < 4.78 is 6.95. The zero-order valence-electron chi connectivity index (χ0n) is 17.5. The summed E-state index contributed by atoms with van der Waals surface area (Å²) >= 11 is 6.11. The first kappa shape index (κ1) is 22.6. The molecule has 0 saturated heterocycles. The molecule has 3 aromatic rings. The Labute approximate surface area is 189 Å². The van der Waals surface area contributed by atoms with Crippen molar-refractivity contribution in [2.45, 2.75) is 13.8 Å². The second-order valence-corrected chi connectivity index (χ2v) is 7.34. The number of rotatable bonds is 6. The standard InChI is InChI=1S/C23H19ClN4O4/c1-14-9-16(15(2)27(14)19-6-4-5-18(24)11-19)10-17(13-25)23(29)26-21-8-7-20(32-3)12-22(21)28(30)31/h4-12H,1-3H3,(H,26,29)/b17-10+. The molecular weight excluding hydrogens is 432 g/mol. The normalized spacial score (nSPS) is 11.0.